The molecule has 0 radical (unpaired) electrons. The Balaban J connectivity index is -0.000000227. The molecule has 0 aliphatic heterocycles. The second kappa shape index (κ2) is 15.5. The summed E-state index contributed by atoms with van der Waals surface area (Å²) in [5.74, 6) is 2.25. The largest absolute Gasteiger partial charge is 1.00 e. The standard InChI is InChI=1S/C20H41.2C2H6.CH3.K/c1-15(2)13-18(7,8)16(3)19(9,10)14-20(11,12)17(4,5)6;2*1-2;;/h16H,13-14H2,1-12H3;2*1-2H3;1H3;/q-1;;;-1;+1. The van der Waals surface area contributed by atoms with E-state index < -0.39 is 0 Å². The van der Waals surface area contributed by atoms with E-state index >= 15 is 0 Å². The van der Waals surface area contributed by atoms with E-state index in [4.69, 9.17) is 0 Å². The van der Waals surface area contributed by atoms with Gasteiger partial charge in [0.1, 0.15) is 0 Å². The maximum atomic E-state index is 2.47. The van der Waals surface area contributed by atoms with Gasteiger partial charge in [-0.2, -0.15) is 20.3 Å². The van der Waals surface area contributed by atoms with Crippen LogP contribution >= 0.6 is 0 Å². The van der Waals surface area contributed by atoms with Crippen molar-refractivity contribution in [3.63, 3.8) is 0 Å². The van der Waals surface area contributed by atoms with Crippen molar-refractivity contribution in [2.24, 2.45) is 27.6 Å². The molecule has 0 amide bonds. The smallest absolute Gasteiger partial charge is 0.358 e. The van der Waals surface area contributed by atoms with E-state index in [1.807, 2.05) is 27.7 Å². The van der Waals surface area contributed by atoms with E-state index in [0.717, 1.165) is 0 Å². The molecular formula is C25H56K-. The summed E-state index contributed by atoms with van der Waals surface area (Å²) in [7, 11) is 0. The summed E-state index contributed by atoms with van der Waals surface area (Å²) in [5, 5.41) is 0. The van der Waals surface area contributed by atoms with Crippen LogP contribution in [0.2, 0.25) is 0 Å². The Bertz CT molecular complexity index is 303. The molecule has 1 atom stereocenters. The summed E-state index contributed by atoms with van der Waals surface area (Å²) in [6, 6.07) is 0. The SMILES string of the molecule is CC.CC.C[C-](C)CC(C)(C)C(C)C(C)(C)CC(C)(C)C(C)(C)C.[CH3-].[K+]. The normalized spacial score (nSPS) is 13.3. The molecule has 0 aliphatic carbocycles. The minimum Gasteiger partial charge on any atom is -0.358 e. The topological polar surface area (TPSA) is 0 Å². The first-order chi connectivity index (χ1) is 10.5. The molecule has 0 aromatic rings. The Labute approximate surface area is 213 Å². The van der Waals surface area contributed by atoms with Crippen LogP contribution in [0.1, 0.15) is 124 Å². The molecule has 0 nitrogen and oxygen atoms in total. The van der Waals surface area contributed by atoms with Crippen LogP contribution in [0.15, 0.2) is 0 Å². The molecule has 0 saturated heterocycles. The second-order valence-electron chi connectivity index (χ2n) is 10.4. The molecule has 0 rings (SSSR count). The van der Waals surface area contributed by atoms with Gasteiger partial charge in [0.15, 0.2) is 0 Å². The average Bonchev–Trinajstić information content (AvgIpc) is 2.38. The van der Waals surface area contributed by atoms with Crippen LogP contribution in [0.3, 0.4) is 0 Å². The summed E-state index contributed by atoms with van der Waals surface area (Å²) < 4.78 is 0. The van der Waals surface area contributed by atoms with E-state index in [1.165, 1.54) is 12.8 Å². The molecular weight excluding hydrogens is 339 g/mol. The fourth-order valence-corrected chi connectivity index (χ4v) is 3.68. The Morgan fingerprint density at radius 1 is 0.692 bits per heavy atom. The van der Waals surface area contributed by atoms with Gasteiger partial charge in [0.25, 0.3) is 0 Å². The molecule has 0 aromatic heterocycles. The van der Waals surface area contributed by atoms with Gasteiger partial charge in [-0.25, -0.2) is 0 Å². The minimum atomic E-state index is 0. The van der Waals surface area contributed by atoms with Crippen molar-refractivity contribution >= 4 is 0 Å². The van der Waals surface area contributed by atoms with Gasteiger partial charge in [-0.1, -0.05) is 102 Å². The summed E-state index contributed by atoms with van der Waals surface area (Å²) in [6.45, 7) is 36.8. The van der Waals surface area contributed by atoms with Gasteiger partial charge in [-0.15, -0.1) is 0 Å². The first-order valence-corrected chi connectivity index (χ1v) is 10.3. The Hall–Kier alpha value is 1.64. The van der Waals surface area contributed by atoms with Crippen molar-refractivity contribution in [2.75, 3.05) is 0 Å². The third-order valence-electron chi connectivity index (χ3n) is 6.08. The van der Waals surface area contributed by atoms with Gasteiger partial charge in [0.2, 0.25) is 0 Å². The van der Waals surface area contributed by atoms with Crippen molar-refractivity contribution in [2.45, 2.75) is 124 Å². The number of hydrogen-bond acceptors (Lipinski definition) is 0. The van der Waals surface area contributed by atoms with E-state index in [0.29, 0.717) is 27.6 Å². The fourth-order valence-electron chi connectivity index (χ4n) is 3.68. The first-order valence-electron chi connectivity index (χ1n) is 10.3. The zero-order valence-corrected chi connectivity index (χ0v) is 25.6. The van der Waals surface area contributed by atoms with Crippen LogP contribution in [0.5, 0.6) is 0 Å². The molecule has 0 N–H and O–H groups in total. The summed E-state index contributed by atoms with van der Waals surface area (Å²) in [5.41, 5.74) is 1.43. The number of hydrogen-bond donors (Lipinski definition) is 0. The van der Waals surface area contributed by atoms with Gasteiger partial charge in [0.05, 0.1) is 0 Å². The summed E-state index contributed by atoms with van der Waals surface area (Å²) in [6.07, 6.45) is 2.50. The molecule has 0 aromatic carbocycles. The van der Waals surface area contributed by atoms with Gasteiger partial charge in [0, 0.05) is 0 Å². The van der Waals surface area contributed by atoms with Crippen molar-refractivity contribution in [3.05, 3.63) is 13.3 Å². The van der Waals surface area contributed by atoms with Crippen molar-refractivity contribution < 1.29 is 51.4 Å². The molecule has 0 heterocycles. The maximum Gasteiger partial charge on any atom is 1.00 e. The zero-order chi connectivity index (χ0) is 20.6. The van der Waals surface area contributed by atoms with Gasteiger partial charge in [-0.05, 0) is 28.6 Å². The molecule has 1 unspecified atom stereocenters. The van der Waals surface area contributed by atoms with Crippen LogP contribution in [0, 0.1) is 40.9 Å². The maximum absolute atomic E-state index is 2.47. The zero-order valence-electron chi connectivity index (χ0n) is 22.5. The number of rotatable bonds is 6. The monoisotopic (exact) mass is 395 g/mol. The van der Waals surface area contributed by atoms with Crippen molar-refractivity contribution in [1.82, 2.24) is 0 Å². The van der Waals surface area contributed by atoms with Gasteiger partial charge < -0.3 is 13.3 Å². The predicted molar refractivity (Wildman–Crippen MR) is 123 cm³/mol. The van der Waals surface area contributed by atoms with Crippen LogP contribution in [-0.2, 0) is 0 Å². The van der Waals surface area contributed by atoms with E-state index in [9.17, 15) is 0 Å². The van der Waals surface area contributed by atoms with E-state index in [2.05, 4.69) is 83.1 Å². The molecule has 0 aliphatic rings. The molecule has 1 heteroatoms. The third-order valence-corrected chi connectivity index (χ3v) is 6.08. The minimum absolute atomic E-state index is 0. The van der Waals surface area contributed by atoms with Crippen molar-refractivity contribution in [1.29, 1.82) is 0 Å². The predicted octanol–water partition coefficient (Wildman–Crippen LogP) is 6.65. The van der Waals surface area contributed by atoms with E-state index in [-0.39, 0.29) is 58.8 Å². The third kappa shape index (κ3) is 13.8. The van der Waals surface area contributed by atoms with Crippen LogP contribution < -0.4 is 51.4 Å². The molecule has 0 bridgehead atoms. The van der Waals surface area contributed by atoms with Gasteiger partial charge >= 0.3 is 51.4 Å². The quantitative estimate of drug-likeness (QED) is 0.349. The molecule has 0 saturated carbocycles. The summed E-state index contributed by atoms with van der Waals surface area (Å²) >= 11 is 0. The molecule has 0 fully saturated rings. The Morgan fingerprint density at radius 3 is 1.23 bits per heavy atom. The Kier molecular flexibility index (Phi) is 22.8. The molecule has 26 heavy (non-hydrogen) atoms. The average molecular weight is 396 g/mol. The summed E-state index contributed by atoms with van der Waals surface area (Å²) in [4.78, 5) is 0. The molecule has 0 spiro atoms. The van der Waals surface area contributed by atoms with Crippen LogP contribution in [0.25, 0.3) is 0 Å². The van der Waals surface area contributed by atoms with Gasteiger partial charge in [-0.3, -0.25) is 0 Å². The van der Waals surface area contributed by atoms with Crippen LogP contribution in [0.4, 0.5) is 0 Å². The second-order valence-corrected chi connectivity index (χ2v) is 10.4. The fraction of sp³-hybridized carbons (Fsp3) is 0.920. The van der Waals surface area contributed by atoms with E-state index in [1.54, 1.807) is 5.92 Å². The van der Waals surface area contributed by atoms with Crippen LogP contribution in [-0.4, -0.2) is 0 Å². The molecule has 158 valence electrons. The van der Waals surface area contributed by atoms with Crippen molar-refractivity contribution in [3.8, 4) is 0 Å². The first kappa shape index (κ1) is 38.3. The Morgan fingerprint density at radius 2 is 1.00 bits per heavy atom.